The number of benzene rings is 1. The SMILES string of the molecule is COc1ccc(OCCCSCOC(=O)C2CCOC(C)C2)cc1. The molecule has 1 aliphatic heterocycles. The molecule has 0 aromatic heterocycles. The van der Waals surface area contributed by atoms with Crippen molar-refractivity contribution in [2.45, 2.75) is 32.3 Å². The highest BCUT2D eigenvalue weighted by molar-refractivity contribution is 7.99. The zero-order chi connectivity index (χ0) is 17.2. The van der Waals surface area contributed by atoms with Crippen LogP contribution in [0.3, 0.4) is 0 Å². The van der Waals surface area contributed by atoms with Crippen LogP contribution in [-0.4, -0.2) is 44.1 Å². The first kappa shape index (κ1) is 18.9. The second-order valence-electron chi connectivity index (χ2n) is 5.77. The number of rotatable bonds is 9. The van der Waals surface area contributed by atoms with Crippen LogP contribution >= 0.6 is 11.8 Å². The maximum atomic E-state index is 11.9. The topological polar surface area (TPSA) is 54.0 Å². The van der Waals surface area contributed by atoms with Crippen molar-refractivity contribution >= 4 is 17.7 Å². The molecule has 0 aliphatic carbocycles. The largest absolute Gasteiger partial charge is 0.497 e. The van der Waals surface area contributed by atoms with E-state index in [0.29, 0.717) is 19.2 Å². The Labute approximate surface area is 148 Å². The maximum Gasteiger partial charge on any atom is 0.309 e. The van der Waals surface area contributed by atoms with Crippen LogP contribution in [0, 0.1) is 5.92 Å². The van der Waals surface area contributed by atoms with Gasteiger partial charge in [0, 0.05) is 6.61 Å². The van der Waals surface area contributed by atoms with Crippen molar-refractivity contribution in [2.75, 3.05) is 32.0 Å². The van der Waals surface area contributed by atoms with E-state index in [1.54, 1.807) is 18.9 Å². The van der Waals surface area contributed by atoms with Crippen molar-refractivity contribution in [1.29, 1.82) is 0 Å². The third-order valence-corrected chi connectivity index (χ3v) is 4.73. The van der Waals surface area contributed by atoms with E-state index in [1.807, 2.05) is 31.2 Å². The molecule has 1 saturated heterocycles. The molecule has 5 nitrogen and oxygen atoms in total. The number of carbonyl (C=O) groups is 1. The van der Waals surface area contributed by atoms with Gasteiger partial charge in [-0.1, -0.05) is 0 Å². The summed E-state index contributed by atoms with van der Waals surface area (Å²) in [5.41, 5.74) is 0. The van der Waals surface area contributed by atoms with E-state index in [2.05, 4.69) is 0 Å². The van der Waals surface area contributed by atoms with Gasteiger partial charge in [-0.15, -0.1) is 11.8 Å². The van der Waals surface area contributed by atoms with Crippen molar-refractivity contribution < 1.29 is 23.7 Å². The summed E-state index contributed by atoms with van der Waals surface area (Å²) < 4.78 is 21.5. The number of thioether (sulfide) groups is 1. The molecule has 0 spiro atoms. The van der Waals surface area contributed by atoms with E-state index < -0.39 is 0 Å². The molecule has 6 heteroatoms. The summed E-state index contributed by atoms with van der Waals surface area (Å²) in [6.07, 6.45) is 2.59. The quantitative estimate of drug-likeness (QED) is 0.384. The predicted octanol–water partition coefficient (Wildman–Crippen LogP) is 3.51. The van der Waals surface area contributed by atoms with Gasteiger partial charge < -0.3 is 18.9 Å². The van der Waals surface area contributed by atoms with Crippen molar-refractivity contribution in [3.8, 4) is 11.5 Å². The number of hydrogen-bond acceptors (Lipinski definition) is 6. The molecule has 2 rings (SSSR count). The normalized spacial score (nSPS) is 20.4. The maximum absolute atomic E-state index is 11.9. The lowest BCUT2D eigenvalue weighted by Crippen LogP contribution is -2.29. The first-order valence-corrected chi connectivity index (χ1v) is 9.47. The number of esters is 1. The Morgan fingerprint density at radius 2 is 2.04 bits per heavy atom. The molecule has 2 atom stereocenters. The lowest BCUT2D eigenvalue weighted by Gasteiger charge is -2.25. The highest BCUT2D eigenvalue weighted by atomic mass is 32.2. The third kappa shape index (κ3) is 6.61. The Hall–Kier alpha value is -1.40. The van der Waals surface area contributed by atoms with Gasteiger partial charge in [-0.2, -0.15) is 0 Å². The molecule has 0 radical (unpaired) electrons. The van der Waals surface area contributed by atoms with Crippen LogP contribution in [0.4, 0.5) is 0 Å². The van der Waals surface area contributed by atoms with Crippen LogP contribution in [0.25, 0.3) is 0 Å². The van der Waals surface area contributed by atoms with Crippen LogP contribution in [0.2, 0.25) is 0 Å². The minimum atomic E-state index is -0.0906. The highest BCUT2D eigenvalue weighted by Gasteiger charge is 2.26. The molecule has 134 valence electrons. The Balaban J connectivity index is 1.49. The van der Waals surface area contributed by atoms with Gasteiger partial charge in [0.05, 0.1) is 25.7 Å². The average Bonchev–Trinajstić information content (AvgIpc) is 2.61. The van der Waals surface area contributed by atoms with Crippen LogP contribution in [-0.2, 0) is 14.3 Å². The standard InChI is InChI=1S/C18H26O5S/c1-14-12-15(8-10-21-14)18(19)23-13-24-11-3-9-22-17-6-4-16(20-2)5-7-17/h4-7,14-15H,3,8-13H2,1-2H3. The van der Waals surface area contributed by atoms with Crippen molar-refractivity contribution in [2.24, 2.45) is 5.92 Å². The zero-order valence-electron chi connectivity index (χ0n) is 14.4. The summed E-state index contributed by atoms with van der Waals surface area (Å²) in [6.45, 7) is 3.29. The molecule has 0 bridgehead atoms. The van der Waals surface area contributed by atoms with E-state index in [9.17, 15) is 4.79 Å². The fraction of sp³-hybridized carbons (Fsp3) is 0.611. The summed E-state index contributed by atoms with van der Waals surface area (Å²) in [4.78, 5) is 11.9. The van der Waals surface area contributed by atoms with Crippen molar-refractivity contribution in [1.82, 2.24) is 0 Å². The number of carbonyl (C=O) groups excluding carboxylic acids is 1. The first-order valence-electron chi connectivity index (χ1n) is 8.32. The monoisotopic (exact) mass is 354 g/mol. The smallest absolute Gasteiger partial charge is 0.309 e. The summed E-state index contributed by atoms with van der Waals surface area (Å²) in [7, 11) is 1.64. The molecular formula is C18H26O5S. The molecule has 0 saturated carbocycles. The Kier molecular flexibility index (Phi) is 8.25. The number of hydrogen-bond donors (Lipinski definition) is 0. The van der Waals surface area contributed by atoms with E-state index in [1.165, 1.54) is 0 Å². The van der Waals surface area contributed by atoms with Crippen LogP contribution < -0.4 is 9.47 Å². The van der Waals surface area contributed by atoms with E-state index in [4.69, 9.17) is 18.9 Å². The van der Waals surface area contributed by atoms with Gasteiger partial charge in [0.2, 0.25) is 0 Å². The zero-order valence-corrected chi connectivity index (χ0v) is 15.2. The second-order valence-corrected chi connectivity index (χ2v) is 6.82. The number of methoxy groups -OCH3 is 1. The molecular weight excluding hydrogens is 328 g/mol. The second kappa shape index (κ2) is 10.5. The summed E-state index contributed by atoms with van der Waals surface area (Å²) in [5, 5.41) is 0. The molecule has 0 amide bonds. The molecule has 2 unspecified atom stereocenters. The molecule has 1 heterocycles. The lowest BCUT2D eigenvalue weighted by atomic mass is 9.97. The van der Waals surface area contributed by atoms with Gasteiger partial charge in [0.15, 0.2) is 0 Å². The van der Waals surface area contributed by atoms with Gasteiger partial charge in [0.1, 0.15) is 17.4 Å². The predicted molar refractivity (Wildman–Crippen MR) is 94.7 cm³/mol. The minimum Gasteiger partial charge on any atom is -0.497 e. The van der Waals surface area contributed by atoms with E-state index in [0.717, 1.165) is 36.5 Å². The number of ether oxygens (including phenoxy) is 4. The molecule has 0 N–H and O–H groups in total. The van der Waals surface area contributed by atoms with Crippen molar-refractivity contribution in [3.63, 3.8) is 0 Å². The van der Waals surface area contributed by atoms with Gasteiger partial charge in [-0.3, -0.25) is 4.79 Å². The Morgan fingerprint density at radius 3 is 2.75 bits per heavy atom. The fourth-order valence-electron chi connectivity index (χ4n) is 2.51. The summed E-state index contributed by atoms with van der Waals surface area (Å²) >= 11 is 1.61. The summed E-state index contributed by atoms with van der Waals surface area (Å²) in [6, 6.07) is 7.53. The summed E-state index contributed by atoms with van der Waals surface area (Å²) in [5.74, 6) is 2.86. The fourth-order valence-corrected chi connectivity index (χ4v) is 3.15. The molecule has 24 heavy (non-hydrogen) atoms. The molecule has 1 aromatic carbocycles. The molecule has 1 fully saturated rings. The van der Waals surface area contributed by atoms with Gasteiger partial charge in [-0.05, 0) is 56.2 Å². The van der Waals surface area contributed by atoms with Crippen LogP contribution in [0.1, 0.15) is 26.2 Å². The van der Waals surface area contributed by atoms with E-state index in [-0.39, 0.29) is 18.0 Å². The van der Waals surface area contributed by atoms with Crippen molar-refractivity contribution in [3.05, 3.63) is 24.3 Å². The van der Waals surface area contributed by atoms with Crippen LogP contribution in [0.15, 0.2) is 24.3 Å². The van der Waals surface area contributed by atoms with Crippen LogP contribution in [0.5, 0.6) is 11.5 Å². The average molecular weight is 354 g/mol. The van der Waals surface area contributed by atoms with E-state index >= 15 is 0 Å². The molecule has 1 aliphatic rings. The lowest BCUT2D eigenvalue weighted by molar-refractivity contribution is -0.151. The van der Waals surface area contributed by atoms with Gasteiger partial charge in [-0.25, -0.2) is 0 Å². The third-order valence-electron chi connectivity index (χ3n) is 3.86. The van der Waals surface area contributed by atoms with Gasteiger partial charge in [0.25, 0.3) is 0 Å². The van der Waals surface area contributed by atoms with Gasteiger partial charge >= 0.3 is 5.97 Å². The first-order chi connectivity index (χ1) is 11.7. The molecule has 1 aromatic rings. The Morgan fingerprint density at radius 1 is 1.29 bits per heavy atom. The highest BCUT2D eigenvalue weighted by Crippen LogP contribution is 2.22. The Bertz CT molecular complexity index is 491. The minimum absolute atomic E-state index is 0.00671.